The number of halogens is 1. The monoisotopic (exact) mass is 442 g/mol. The molecule has 1 aromatic carbocycles. The highest BCUT2D eigenvalue weighted by Gasteiger charge is 2.30. The number of hydrogen-bond acceptors (Lipinski definition) is 9. The molecule has 0 saturated heterocycles. The molecule has 0 unspecified atom stereocenters. The van der Waals surface area contributed by atoms with Gasteiger partial charge in [-0.15, -0.1) is 0 Å². The Morgan fingerprint density at radius 3 is 2.82 bits per heavy atom. The van der Waals surface area contributed by atoms with Gasteiger partial charge in [-0.2, -0.15) is 11.3 Å². The van der Waals surface area contributed by atoms with Crippen molar-refractivity contribution in [2.45, 2.75) is 11.8 Å². The number of hydrogen-bond donors (Lipinski definition) is 1. The normalized spacial score (nSPS) is 12.8. The molecular weight excluding hydrogens is 432 g/mol. The largest absolute Gasteiger partial charge is 0.454 e. The predicted octanol–water partition coefficient (Wildman–Crippen LogP) is 3.57. The molecule has 28 heavy (non-hydrogen) atoms. The molecule has 0 saturated carbocycles. The first-order valence-electron chi connectivity index (χ1n) is 7.68. The Kier molecular flexibility index (Phi) is 4.65. The number of ether oxygens (including phenoxy) is 3. The van der Waals surface area contributed by atoms with Crippen molar-refractivity contribution >= 4 is 39.1 Å². The van der Waals surface area contributed by atoms with Crippen molar-refractivity contribution in [3.63, 3.8) is 0 Å². The number of nitrogens with one attached hydrogen (secondary N) is 1. The van der Waals surface area contributed by atoms with Crippen molar-refractivity contribution in [3.8, 4) is 28.6 Å². The number of benzene rings is 1. The summed E-state index contributed by atoms with van der Waals surface area (Å²) in [6.45, 7) is 1.59. The Morgan fingerprint density at radius 2 is 2.14 bits per heavy atom. The second-order valence-electron chi connectivity index (χ2n) is 5.54. The van der Waals surface area contributed by atoms with Crippen molar-refractivity contribution in [3.05, 3.63) is 39.7 Å². The van der Waals surface area contributed by atoms with E-state index in [-0.39, 0.29) is 39.5 Å². The fourth-order valence-corrected chi connectivity index (χ4v) is 4.53. The number of thiophene rings is 1. The fraction of sp³-hybridized carbons (Fsp3) is 0.125. The number of amides is 1. The average molecular weight is 443 g/mol. The van der Waals surface area contributed by atoms with Gasteiger partial charge in [-0.25, -0.2) is 17.9 Å². The van der Waals surface area contributed by atoms with Crippen molar-refractivity contribution in [2.24, 2.45) is 0 Å². The van der Waals surface area contributed by atoms with Crippen LogP contribution in [0.15, 0.2) is 38.4 Å². The molecule has 3 aromatic rings. The first-order valence-corrected chi connectivity index (χ1v) is 10.5. The zero-order valence-corrected chi connectivity index (χ0v) is 16.5. The second-order valence-corrected chi connectivity index (χ2v) is 8.38. The summed E-state index contributed by atoms with van der Waals surface area (Å²) in [5, 5.41) is 6.93. The van der Waals surface area contributed by atoms with Gasteiger partial charge in [0.1, 0.15) is 16.3 Å². The van der Waals surface area contributed by atoms with Gasteiger partial charge in [0.05, 0.1) is 10.6 Å². The number of sulfonamides is 1. The molecular formula is C16H11ClN2O7S2. The van der Waals surface area contributed by atoms with Crippen LogP contribution in [-0.4, -0.2) is 26.5 Å². The summed E-state index contributed by atoms with van der Waals surface area (Å²) >= 11 is 7.40. The maximum atomic E-state index is 12.2. The first kappa shape index (κ1) is 18.6. The molecule has 1 aliphatic heterocycles. The van der Waals surface area contributed by atoms with Crippen LogP contribution in [0.25, 0.3) is 11.3 Å². The van der Waals surface area contributed by atoms with Crippen LogP contribution in [0.4, 0.5) is 4.79 Å². The van der Waals surface area contributed by atoms with E-state index in [0.717, 1.165) is 0 Å². The number of carbonyl (C=O) groups excluding carboxylic acids is 1. The van der Waals surface area contributed by atoms with Crippen molar-refractivity contribution < 1.29 is 31.9 Å². The molecule has 2 aromatic heterocycles. The minimum atomic E-state index is -4.06. The van der Waals surface area contributed by atoms with Gasteiger partial charge in [0.2, 0.25) is 6.79 Å². The Balaban J connectivity index is 1.69. The topological polar surface area (TPSA) is 117 Å². The molecule has 3 heterocycles. The van der Waals surface area contributed by atoms with E-state index in [4.69, 9.17) is 30.3 Å². The lowest BCUT2D eigenvalue weighted by Crippen LogP contribution is -2.32. The lowest BCUT2D eigenvalue weighted by molar-refractivity contribution is 0.174. The second kappa shape index (κ2) is 7.00. The van der Waals surface area contributed by atoms with Crippen molar-refractivity contribution in [1.82, 2.24) is 9.88 Å². The van der Waals surface area contributed by atoms with E-state index in [1.807, 2.05) is 4.72 Å². The summed E-state index contributed by atoms with van der Waals surface area (Å²) < 4.78 is 47.4. The van der Waals surface area contributed by atoms with E-state index in [1.165, 1.54) is 34.9 Å². The van der Waals surface area contributed by atoms with E-state index >= 15 is 0 Å². The highest BCUT2D eigenvalue weighted by atomic mass is 35.5. The zero-order chi connectivity index (χ0) is 19.9. The molecule has 1 N–H and O–H groups in total. The molecule has 12 heteroatoms. The van der Waals surface area contributed by atoms with Crippen molar-refractivity contribution in [1.29, 1.82) is 0 Å². The maximum Gasteiger partial charge on any atom is 0.426 e. The van der Waals surface area contributed by atoms with Crippen LogP contribution in [0.5, 0.6) is 17.2 Å². The molecule has 9 nitrogen and oxygen atoms in total. The molecule has 0 aliphatic carbocycles. The number of rotatable bonds is 4. The lowest BCUT2D eigenvalue weighted by atomic mass is 10.1. The molecule has 0 radical (unpaired) electrons. The van der Waals surface area contributed by atoms with Crippen LogP contribution < -0.4 is 18.9 Å². The molecule has 1 amide bonds. The van der Waals surface area contributed by atoms with Crippen LogP contribution in [0.2, 0.25) is 5.02 Å². The number of aryl methyl sites for hydroxylation is 1. The molecule has 4 rings (SSSR count). The van der Waals surface area contributed by atoms with Gasteiger partial charge in [-0.1, -0.05) is 16.8 Å². The zero-order valence-electron chi connectivity index (χ0n) is 14.1. The smallest absolute Gasteiger partial charge is 0.426 e. The van der Waals surface area contributed by atoms with E-state index < -0.39 is 16.1 Å². The summed E-state index contributed by atoms with van der Waals surface area (Å²) in [6, 6.07) is 4.29. The highest BCUT2D eigenvalue weighted by molar-refractivity contribution is 7.90. The standard InChI is InChI=1S/C16H11ClN2O7S2/c1-8-13(17)15(26-18-8)12-10(2-3-11-14(12)24-7-23-11)25-16(20)19-28(21,22)9-4-5-27-6-9/h2-6H,7H2,1H3,(H,19,20). The van der Waals surface area contributed by atoms with Gasteiger partial charge in [0, 0.05) is 5.38 Å². The summed E-state index contributed by atoms with van der Waals surface area (Å²) in [5.74, 6) is 0.688. The summed E-state index contributed by atoms with van der Waals surface area (Å²) in [5.41, 5.74) is 0.604. The molecule has 0 spiro atoms. The lowest BCUT2D eigenvalue weighted by Gasteiger charge is -2.11. The van der Waals surface area contributed by atoms with E-state index in [2.05, 4.69) is 5.16 Å². The highest BCUT2D eigenvalue weighted by Crippen LogP contribution is 2.49. The molecule has 0 bridgehead atoms. The van der Waals surface area contributed by atoms with E-state index in [1.54, 1.807) is 12.3 Å². The number of carbonyl (C=O) groups is 1. The molecule has 1 aliphatic rings. The molecule has 146 valence electrons. The van der Waals surface area contributed by atoms with E-state index in [9.17, 15) is 13.2 Å². The van der Waals surface area contributed by atoms with Crippen LogP contribution in [0, 0.1) is 6.92 Å². The predicted molar refractivity (Wildman–Crippen MR) is 98.5 cm³/mol. The van der Waals surface area contributed by atoms with E-state index in [0.29, 0.717) is 11.4 Å². The van der Waals surface area contributed by atoms with Gasteiger partial charge < -0.3 is 18.7 Å². The minimum absolute atomic E-state index is 0.0414. The number of nitrogens with zero attached hydrogens (tertiary/aromatic N) is 1. The fourth-order valence-electron chi connectivity index (χ4n) is 2.46. The Bertz CT molecular complexity index is 1160. The minimum Gasteiger partial charge on any atom is -0.454 e. The molecule has 0 fully saturated rings. The Morgan fingerprint density at radius 1 is 1.32 bits per heavy atom. The van der Waals surface area contributed by atoms with Gasteiger partial charge >= 0.3 is 6.09 Å². The SMILES string of the molecule is Cc1noc(-c2c(OC(=O)NS(=O)(=O)c3ccsc3)ccc3c2OCO3)c1Cl. The molecule has 0 atom stereocenters. The van der Waals surface area contributed by atoms with Gasteiger partial charge in [-0.3, -0.25) is 0 Å². The van der Waals surface area contributed by atoms with Crippen LogP contribution in [-0.2, 0) is 10.0 Å². The summed E-state index contributed by atoms with van der Waals surface area (Å²) in [7, 11) is -4.06. The third-order valence-electron chi connectivity index (χ3n) is 3.74. The number of fused-ring (bicyclic) bond motifs is 1. The maximum absolute atomic E-state index is 12.2. The third-order valence-corrected chi connectivity index (χ3v) is 6.33. The summed E-state index contributed by atoms with van der Waals surface area (Å²) in [6.07, 6.45) is -1.21. The Hall–Kier alpha value is -2.76. The quantitative estimate of drug-likeness (QED) is 0.651. The van der Waals surface area contributed by atoms with Gasteiger partial charge in [0.15, 0.2) is 17.3 Å². The number of aromatic nitrogens is 1. The summed E-state index contributed by atoms with van der Waals surface area (Å²) in [4.78, 5) is 12.2. The first-order chi connectivity index (χ1) is 13.4. The van der Waals surface area contributed by atoms with Crippen LogP contribution >= 0.6 is 22.9 Å². The van der Waals surface area contributed by atoms with Gasteiger partial charge in [0.25, 0.3) is 10.0 Å². The van der Waals surface area contributed by atoms with Crippen molar-refractivity contribution in [2.75, 3.05) is 6.79 Å². The Labute approximate surface area is 167 Å². The van der Waals surface area contributed by atoms with Gasteiger partial charge in [-0.05, 0) is 30.5 Å². The van der Waals surface area contributed by atoms with Crippen LogP contribution in [0.1, 0.15) is 5.69 Å². The third kappa shape index (κ3) is 3.28. The average Bonchev–Trinajstić information content (AvgIpc) is 3.38. The van der Waals surface area contributed by atoms with Crippen LogP contribution in [0.3, 0.4) is 0 Å².